The second kappa shape index (κ2) is 6.53. The molecule has 0 amide bonds. The van der Waals surface area contributed by atoms with Gasteiger partial charge in [0.05, 0.1) is 29.9 Å². The van der Waals surface area contributed by atoms with Crippen LogP contribution in [-0.2, 0) is 4.74 Å². The monoisotopic (exact) mass is 297 g/mol. The molecule has 1 atom stereocenters. The molecule has 0 fully saturated rings. The van der Waals surface area contributed by atoms with Gasteiger partial charge in [0.25, 0.3) is 0 Å². The van der Waals surface area contributed by atoms with Gasteiger partial charge in [-0.05, 0) is 18.6 Å². The molecule has 1 unspecified atom stereocenters. The highest BCUT2D eigenvalue weighted by molar-refractivity contribution is 5.87. The second-order valence-corrected chi connectivity index (χ2v) is 5.06. The first-order valence-corrected chi connectivity index (χ1v) is 7.33. The van der Waals surface area contributed by atoms with E-state index in [1.54, 1.807) is 19.6 Å². The zero-order chi connectivity index (χ0) is 15.4. The van der Waals surface area contributed by atoms with Crippen molar-refractivity contribution in [2.45, 2.75) is 19.4 Å². The van der Waals surface area contributed by atoms with Gasteiger partial charge in [-0.25, -0.2) is 14.6 Å². The highest BCUT2D eigenvalue weighted by Crippen LogP contribution is 2.22. The zero-order valence-electron chi connectivity index (χ0n) is 12.7. The summed E-state index contributed by atoms with van der Waals surface area (Å²) in [5.74, 6) is 0.788. The van der Waals surface area contributed by atoms with Crippen LogP contribution in [0.5, 0.6) is 0 Å². The van der Waals surface area contributed by atoms with Crippen molar-refractivity contribution in [1.29, 1.82) is 0 Å². The maximum Gasteiger partial charge on any atom is 0.168 e. The lowest BCUT2D eigenvalue weighted by atomic mass is 10.2. The van der Waals surface area contributed by atoms with Crippen LogP contribution in [0.4, 0.5) is 5.82 Å². The molecule has 3 aromatic rings. The van der Waals surface area contributed by atoms with Crippen LogP contribution in [-0.4, -0.2) is 39.5 Å². The van der Waals surface area contributed by atoms with Crippen molar-refractivity contribution in [3.8, 4) is 5.69 Å². The molecule has 6 nitrogen and oxygen atoms in total. The first kappa shape index (κ1) is 14.5. The lowest BCUT2D eigenvalue weighted by Crippen LogP contribution is -2.24. The number of nitrogens with one attached hydrogen (secondary N) is 1. The van der Waals surface area contributed by atoms with Crippen LogP contribution in [0.1, 0.15) is 13.3 Å². The number of anilines is 1. The fraction of sp³-hybridized carbons (Fsp3) is 0.312. The van der Waals surface area contributed by atoms with Gasteiger partial charge in [-0.2, -0.15) is 5.10 Å². The molecule has 3 rings (SSSR count). The average molecular weight is 297 g/mol. The molecule has 114 valence electrons. The van der Waals surface area contributed by atoms with Crippen LogP contribution in [0.25, 0.3) is 16.7 Å². The number of hydrogen-bond acceptors (Lipinski definition) is 5. The number of para-hydroxylation sites is 1. The van der Waals surface area contributed by atoms with Gasteiger partial charge in [-0.15, -0.1) is 0 Å². The maximum atomic E-state index is 5.23. The molecule has 0 aliphatic rings. The highest BCUT2D eigenvalue weighted by atomic mass is 16.5. The molecule has 1 N–H and O–H groups in total. The van der Waals surface area contributed by atoms with Gasteiger partial charge in [0.1, 0.15) is 12.1 Å². The molecular weight excluding hydrogens is 278 g/mol. The van der Waals surface area contributed by atoms with Crippen LogP contribution in [0.3, 0.4) is 0 Å². The normalized spacial score (nSPS) is 12.5. The number of benzene rings is 1. The quantitative estimate of drug-likeness (QED) is 0.757. The number of nitrogens with zero attached hydrogens (tertiary/aromatic N) is 4. The van der Waals surface area contributed by atoms with Crippen LogP contribution in [0, 0.1) is 0 Å². The third kappa shape index (κ3) is 2.78. The molecular formula is C16H19N5O. The minimum Gasteiger partial charge on any atom is -0.383 e. The molecule has 22 heavy (non-hydrogen) atoms. The van der Waals surface area contributed by atoms with E-state index in [1.807, 2.05) is 35.0 Å². The fourth-order valence-corrected chi connectivity index (χ4v) is 2.37. The number of rotatable bonds is 6. The Kier molecular flexibility index (Phi) is 4.29. The van der Waals surface area contributed by atoms with E-state index >= 15 is 0 Å². The van der Waals surface area contributed by atoms with E-state index in [2.05, 4.69) is 27.3 Å². The van der Waals surface area contributed by atoms with Crippen LogP contribution in [0.2, 0.25) is 0 Å². The SMILES string of the molecule is CCC(COC)Nc1ncnc2c1cnn2-c1ccccc1. The van der Waals surface area contributed by atoms with Crippen molar-refractivity contribution in [3.05, 3.63) is 42.9 Å². The maximum absolute atomic E-state index is 5.23. The Labute approximate surface area is 129 Å². The Morgan fingerprint density at radius 1 is 1.23 bits per heavy atom. The van der Waals surface area contributed by atoms with E-state index < -0.39 is 0 Å². The predicted molar refractivity (Wildman–Crippen MR) is 86.2 cm³/mol. The Bertz CT molecular complexity index is 741. The summed E-state index contributed by atoms with van der Waals surface area (Å²) in [4.78, 5) is 8.73. The minimum absolute atomic E-state index is 0.211. The van der Waals surface area contributed by atoms with Crippen LogP contribution < -0.4 is 5.32 Å². The molecule has 0 bridgehead atoms. The van der Waals surface area contributed by atoms with E-state index in [9.17, 15) is 0 Å². The Hall–Kier alpha value is -2.47. The molecule has 0 aliphatic heterocycles. The number of fused-ring (bicyclic) bond motifs is 1. The Morgan fingerprint density at radius 3 is 2.77 bits per heavy atom. The molecule has 0 spiro atoms. The summed E-state index contributed by atoms with van der Waals surface area (Å²) in [7, 11) is 1.70. The molecule has 0 saturated heterocycles. The lowest BCUT2D eigenvalue weighted by Gasteiger charge is -2.16. The molecule has 6 heteroatoms. The minimum atomic E-state index is 0.211. The van der Waals surface area contributed by atoms with E-state index in [-0.39, 0.29) is 6.04 Å². The summed E-state index contributed by atoms with van der Waals surface area (Å²) in [6.45, 7) is 2.75. The van der Waals surface area contributed by atoms with E-state index in [1.165, 1.54) is 0 Å². The Balaban J connectivity index is 1.99. The zero-order valence-corrected chi connectivity index (χ0v) is 12.7. The summed E-state index contributed by atoms with van der Waals surface area (Å²) < 4.78 is 7.05. The second-order valence-electron chi connectivity index (χ2n) is 5.06. The smallest absolute Gasteiger partial charge is 0.168 e. The topological polar surface area (TPSA) is 64.9 Å². The van der Waals surface area contributed by atoms with Crippen molar-refractivity contribution in [2.24, 2.45) is 0 Å². The van der Waals surface area contributed by atoms with Crippen molar-refractivity contribution in [2.75, 3.05) is 19.0 Å². The Morgan fingerprint density at radius 2 is 2.05 bits per heavy atom. The van der Waals surface area contributed by atoms with Crippen LogP contribution in [0.15, 0.2) is 42.9 Å². The molecule has 0 radical (unpaired) electrons. The van der Waals surface area contributed by atoms with Gasteiger partial charge in [0.15, 0.2) is 5.65 Å². The number of methoxy groups -OCH3 is 1. The molecule has 1 aromatic carbocycles. The van der Waals surface area contributed by atoms with Gasteiger partial charge >= 0.3 is 0 Å². The third-order valence-electron chi connectivity index (χ3n) is 3.57. The van der Waals surface area contributed by atoms with Gasteiger partial charge in [-0.3, -0.25) is 0 Å². The lowest BCUT2D eigenvalue weighted by molar-refractivity contribution is 0.184. The molecule has 0 saturated carbocycles. The summed E-state index contributed by atoms with van der Waals surface area (Å²) in [5.41, 5.74) is 1.77. The highest BCUT2D eigenvalue weighted by Gasteiger charge is 2.13. The summed E-state index contributed by atoms with van der Waals surface area (Å²) in [6, 6.07) is 10.2. The largest absolute Gasteiger partial charge is 0.383 e. The predicted octanol–water partition coefficient (Wildman–Crippen LogP) is 2.65. The van der Waals surface area contributed by atoms with Gasteiger partial charge < -0.3 is 10.1 Å². The molecule has 2 aromatic heterocycles. The first-order chi connectivity index (χ1) is 10.8. The van der Waals surface area contributed by atoms with E-state index in [4.69, 9.17) is 4.74 Å². The van der Waals surface area contributed by atoms with E-state index in [0.717, 1.165) is 29.0 Å². The molecule has 0 aliphatic carbocycles. The van der Waals surface area contributed by atoms with Gasteiger partial charge in [-0.1, -0.05) is 25.1 Å². The fourth-order valence-electron chi connectivity index (χ4n) is 2.37. The van der Waals surface area contributed by atoms with Crippen molar-refractivity contribution in [3.63, 3.8) is 0 Å². The van der Waals surface area contributed by atoms with Crippen LogP contribution >= 0.6 is 0 Å². The average Bonchev–Trinajstić information content (AvgIpc) is 3.00. The summed E-state index contributed by atoms with van der Waals surface area (Å²) in [5, 5.41) is 8.76. The third-order valence-corrected chi connectivity index (χ3v) is 3.57. The van der Waals surface area contributed by atoms with Crippen molar-refractivity contribution in [1.82, 2.24) is 19.7 Å². The summed E-state index contributed by atoms with van der Waals surface area (Å²) >= 11 is 0. The van der Waals surface area contributed by atoms with Crippen molar-refractivity contribution < 1.29 is 4.74 Å². The number of hydrogen-bond donors (Lipinski definition) is 1. The number of ether oxygens (including phenoxy) is 1. The standard InChI is InChI=1S/C16H19N5O/c1-3-12(10-22-2)20-15-14-9-19-21(16(14)18-11-17-15)13-7-5-4-6-8-13/h4-9,11-12H,3,10H2,1-2H3,(H,17,18,20). The molecule has 2 heterocycles. The number of aromatic nitrogens is 4. The van der Waals surface area contributed by atoms with Gasteiger partial charge in [0, 0.05) is 7.11 Å². The van der Waals surface area contributed by atoms with Gasteiger partial charge in [0.2, 0.25) is 0 Å². The summed E-state index contributed by atoms with van der Waals surface area (Å²) in [6.07, 6.45) is 4.31. The van der Waals surface area contributed by atoms with Crippen molar-refractivity contribution >= 4 is 16.9 Å². The first-order valence-electron chi connectivity index (χ1n) is 7.33. The van der Waals surface area contributed by atoms with E-state index in [0.29, 0.717) is 6.61 Å².